The van der Waals surface area contributed by atoms with E-state index in [2.05, 4.69) is 0 Å². The Morgan fingerprint density at radius 2 is 1.76 bits per heavy atom. The van der Waals surface area contributed by atoms with Gasteiger partial charge in [-0.15, -0.1) is 0 Å². The Morgan fingerprint density at radius 1 is 1.00 bits per heavy atom. The van der Waals surface area contributed by atoms with Crippen molar-refractivity contribution in [2.45, 2.75) is 0 Å². The number of rotatable bonds is 3. The molecule has 0 aliphatic rings. The largest absolute Gasteiger partial charge is 0.399 e. The highest BCUT2D eigenvalue weighted by molar-refractivity contribution is 6.06. The minimum atomic E-state index is -0.00646. The quantitative estimate of drug-likeness (QED) is 0.493. The summed E-state index contributed by atoms with van der Waals surface area (Å²) in [4.78, 5) is 11.8. The minimum Gasteiger partial charge on any atom is -0.399 e. The first-order chi connectivity index (χ1) is 8.25. The van der Waals surface area contributed by atoms with Crippen LogP contribution in [0.4, 0.5) is 5.69 Å². The fourth-order valence-corrected chi connectivity index (χ4v) is 1.53. The average molecular weight is 223 g/mol. The third-order valence-corrected chi connectivity index (χ3v) is 2.40. The zero-order valence-corrected chi connectivity index (χ0v) is 9.34. The van der Waals surface area contributed by atoms with E-state index in [1.54, 1.807) is 24.3 Å². The number of benzene rings is 2. The molecule has 84 valence electrons. The zero-order chi connectivity index (χ0) is 12.1. The molecule has 17 heavy (non-hydrogen) atoms. The second kappa shape index (κ2) is 5.12. The van der Waals surface area contributed by atoms with E-state index in [1.807, 2.05) is 42.5 Å². The van der Waals surface area contributed by atoms with Gasteiger partial charge >= 0.3 is 0 Å². The third-order valence-electron chi connectivity index (χ3n) is 2.40. The van der Waals surface area contributed by atoms with Crippen LogP contribution in [0, 0.1) is 0 Å². The van der Waals surface area contributed by atoms with Crippen LogP contribution >= 0.6 is 0 Å². The molecule has 0 radical (unpaired) electrons. The van der Waals surface area contributed by atoms with E-state index >= 15 is 0 Å². The van der Waals surface area contributed by atoms with Gasteiger partial charge < -0.3 is 5.73 Å². The lowest BCUT2D eigenvalue weighted by Crippen LogP contribution is -1.92. The first-order valence-corrected chi connectivity index (χ1v) is 5.39. The molecule has 2 nitrogen and oxygen atoms in total. The van der Waals surface area contributed by atoms with Gasteiger partial charge in [0.1, 0.15) is 0 Å². The fraction of sp³-hybridized carbons (Fsp3) is 0. The molecule has 0 spiro atoms. The second-order valence-corrected chi connectivity index (χ2v) is 3.73. The molecule has 0 atom stereocenters. The van der Waals surface area contributed by atoms with Crippen molar-refractivity contribution < 1.29 is 4.79 Å². The SMILES string of the molecule is Nc1cccc(/C=C/C(=O)c2ccccc2)c1. The van der Waals surface area contributed by atoms with Gasteiger partial charge in [0.2, 0.25) is 0 Å². The van der Waals surface area contributed by atoms with E-state index in [9.17, 15) is 4.79 Å². The zero-order valence-electron chi connectivity index (χ0n) is 9.34. The summed E-state index contributed by atoms with van der Waals surface area (Å²) < 4.78 is 0. The highest BCUT2D eigenvalue weighted by Crippen LogP contribution is 2.09. The Labute approximate surface area is 100 Å². The molecule has 2 heteroatoms. The van der Waals surface area contributed by atoms with Gasteiger partial charge in [-0.25, -0.2) is 0 Å². The maximum Gasteiger partial charge on any atom is 0.185 e. The van der Waals surface area contributed by atoms with Crippen LogP contribution in [0.25, 0.3) is 6.08 Å². The predicted molar refractivity (Wildman–Crippen MR) is 70.7 cm³/mol. The Morgan fingerprint density at radius 3 is 2.47 bits per heavy atom. The smallest absolute Gasteiger partial charge is 0.185 e. The number of nitrogens with two attached hydrogens (primary N) is 1. The van der Waals surface area contributed by atoms with Crippen molar-refractivity contribution in [3.8, 4) is 0 Å². The van der Waals surface area contributed by atoms with Gasteiger partial charge in [0.15, 0.2) is 5.78 Å². The van der Waals surface area contributed by atoms with Crippen molar-refractivity contribution in [2.24, 2.45) is 0 Å². The van der Waals surface area contributed by atoms with Crippen LogP contribution in [-0.2, 0) is 0 Å². The average Bonchev–Trinajstić information content (AvgIpc) is 2.37. The first-order valence-electron chi connectivity index (χ1n) is 5.39. The van der Waals surface area contributed by atoms with Gasteiger partial charge in [-0.3, -0.25) is 4.79 Å². The summed E-state index contributed by atoms with van der Waals surface area (Å²) in [5.41, 5.74) is 7.96. The van der Waals surface area contributed by atoms with Crippen LogP contribution in [-0.4, -0.2) is 5.78 Å². The first kappa shape index (κ1) is 11.1. The number of hydrogen-bond acceptors (Lipinski definition) is 2. The molecule has 0 aliphatic heterocycles. The van der Waals surface area contributed by atoms with Crippen molar-refractivity contribution in [3.05, 3.63) is 71.8 Å². The van der Waals surface area contributed by atoms with Crippen molar-refractivity contribution in [1.82, 2.24) is 0 Å². The van der Waals surface area contributed by atoms with Gasteiger partial charge in [-0.2, -0.15) is 0 Å². The lowest BCUT2D eigenvalue weighted by atomic mass is 10.1. The molecule has 2 rings (SSSR count). The number of carbonyl (C=O) groups excluding carboxylic acids is 1. The van der Waals surface area contributed by atoms with E-state index in [4.69, 9.17) is 5.73 Å². The lowest BCUT2D eigenvalue weighted by molar-refractivity contribution is 0.104. The molecule has 0 aliphatic carbocycles. The third kappa shape index (κ3) is 3.05. The van der Waals surface area contributed by atoms with E-state index < -0.39 is 0 Å². The molecule has 2 aromatic rings. The van der Waals surface area contributed by atoms with Crippen molar-refractivity contribution in [1.29, 1.82) is 0 Å². The van der Waals surface area contributed by atoms with Crippen LogP contribution < -0.4 is 5.73 Å². The van der Waals surface area contributed by atoms with E-state index in [-0.39, 0.29) is 5.78 Å². The summed E-state index contributed by atoms with van der Waals surface area (Å²) >= 11 is 0. The summed E-state index contributed by atoms with van der Waals surface area (Å²) in [5.74, 6) is -0.00646. The van der Waals surface area contributed by atoms with Crippen molar-refractivity contribution in [3.63, 3.8) is 0 Å². The topological polar surface area (TPSA) is 43.1 Å². The summed E-state index contributed by atoms with van der Waals surface area (Å²) in [7, 11) is 0. The number of allylic oxidation sites excluding steroid dienone is 1. The highest BCUT2D eigenvalue weighted by Gasteiger charge is 1.99. The van der Waals surface area contributed by atoms with E-state index in [0.29, 0.717) is 11.3 Å². The molecule has 2 aromatic carbocycles. The Kier molecular flexibility index (Phi) is 3.36. The molecule has 2 N–H and O–H groups in total. The van der Waals surface area contributed by atoms with Gasteiger partial charge in [0, 0.05) is 11.3 Å². The maximum absolute atomic E-state index is 11.8. The number of ketones is 1. The molecule has 0 heterocycles. The number of anilines is 1. The van der Waals surface area contributed by atoms with Gasteiger partial charge in [-0.05, 0) is 23.8 Å². The monoisotopic (exact) mass is 223 g/mol. The summed E-state index contributed by atoms with van der Waals surface area (Å²) in [6, 6.07) is 16.6. The van der Waals surface area contributed by atoms with Gasteiger partial charge in [-0.1, -0.05) is 48.5 Å². The maximum atomic E-state index is 11.8. The number of carbonyl (C=O) groups is 1. The van der Waals surface area contributed by atoms with Crippen molar-refractivity contribution >= 4 is 17.5 Å². The normalized spacial score (nSPS) is 10.6. The molecule has 0 bridgehead atoms. The highest BCUT2D eigenvalue weighted by atomic mass is 16.1. The van der Waals surface area contributed by atoms with Gasteiger partial charge in [0.05, 0.1) is 0 Å². The second-order valence-electron chi connectivity index (χ2n) is 3.73. The molecule has 0 saturated heterocycles. The molecule has 0 unspecified atom stereocenters. The Hall–Kier alpha value is -2.35. The molecule has 0 saturated carbocycles. The fourth-order valence-electron chi connectivity index (χ4n) is 1.53. The number of nitrogen functional groups attached to an aromatic ring is 1. The van der Waals surface area contributed by atoms with E-state index in [1.165, 1.54) is 0 Å². The lowest BCUT2D eigenvalue weighted by Gasteiger charge is -1.96. The predicted octanol–water partition coefficient (Wildman–Crippen LogP) is 3.16. The molecular formula is C15H13NO. The van der Waals surface area contributed by atoms with Crippen LogP contribution in [0.15, 0.2) is 60.7 Å². The summed E-state index contributed by atoms with van der Waals surface area (Å²) in [5, 5.41) is 0. The van der Waals surface area contributed by atoms with Crippen LogP contribution in [0.1, 0.15) is 15.9 Å². The van der Waals surface area contributed by atoms with Crippen LogP contribution in [0.2, 0.25) is 0 Å². The molecule has 0 fully saturated rings. The Bertz CT molecular complexity index is 544. The molecule has 0 amide bonds. The van der Waals surface area contributed by atoms with Gasteiger partial charge in [0.25, 0.3) is 0 Å². The summed E-state index contributed by atoms with van der Waals surface area (Å²) in [6.45, 7) is 0. The minimum absolute atomic E-state index is 0.00646. The van der Waals surface area contributed by atoms with E-state index in [0.717, 1.165) is 5.56 Å². The Balaban J connectivity index is 2.14. The standard InChI is InChI=1S/C15H13NO/c16-14-8-4-5-12(11-14)9-10-15(17)13-6-2-1-3-7-13/h1-11H,16H2/b10-9+. The number of hydrogen-bond donors (Lipinski definition) is 1. The molecule has 0 aromatic heterocycles. The van der Waals surface area contributed by atoms with Crippen LogP contribution in [0.5, 0.6) is 0 Å². The van der Waals surface area contributed by atoms with Crippen molar-refractivity contribution in [2.75, 3.05) is 5.73 Å². The summed E-state index contributed by atoms with van der Waals surface area (Å²) in [6.07, 6.45) is 3.33. The molecular weight excluding hydrogens is 210 g/mol. The van der Waals surface area contributed by atoms with Crippen LogP contribution in [0.3, 0.4) is 0 Å².